The fourth-order valence-electron chi connectivity index (χ4n) is 3.01. The molecule has 1 fully saturated rings. The van der Waals surface area contributed by atoms with E-state index in [4.69, 9.17) is 9.26 Å². The van der Waals surface area contributed by atoms with Gasteiger partial charge in [-0.25, -0.2) is 0 Å². The number of nitrogens with zero attached hydrogens (tertiary/aromatic N) is 3. The third-order valence-electron chi connectivity index (χ3n) is 4.77. The molecule has 1 aliphatic heterocycles. The number of likely N-dealkylation sites (N-methyl/N-ethyl adjacent to an activating group) is 1. The molecule has 0 atom stereocenters. The summed E-state index contributed by atoms with van der Waals surface area (Å²) in [5.41, 5.74) is 2.51. The van der Waals surface area contributed by atoms with E-state index in [0.29, 0.717) is 12.2 Å². The van der Waals surface area contributed by atoms with Crippen molar-refractivity contribution in [2.45, 2.75) is 27.4 Å². The van der Waals surface area contributed by atoms with Gasteiger partial charge in [-0.1, -0.05) is 12.1 Å². The number of aromatic nitrogens is 1. The molecule has 6 nitrogen and oxygen atoms in total. The summed E-state index contributed by atoms with van der Waals surface area (Å²) in [7, 11) is 0. The SMILES string of the molecule is CCN1CCN(C(=O)c2ccc(OCc3c(C)noc3C)cc2)CC1. The van der Waals surface area contributed by atoms with Gasteiger partial charge in [0.15, 0.2) is 0 Å². The summed E-state index contributed by atoms with van der Waals surface area (Å²) in [6.45, 7) is 10.8. The third kappa shape index (κ3) is 4.02. The van der Waals surface area contributed by atoms with Crippen LogP contribution in [0.3, 0.4) is 0 Å². The molecule has 0 unspecified atom stereocenters. The van der Waals surface area contributed by atoms with Gasteiger partial charge in [0.1, 0.15) is 18.1 Å². The van der Waals surface area contributed by atoms with E-state index >= 15 is 0 Å². The van der Waals surface area contributed by atoms with E-state index in [1.54, 1.807) is 0 Å². The molecule has 3 rings (SSSR count). The number of hydrogen-bond acceptors (Lipinski definition) is 5. The summed E-state index contributed by atoms with van der Waals surface area (Å²) in [4.78, 5) is 16.9. The number of amides is 1. The van der Waals surface area contributed by atoms with Crippen molar-refractivity contribution in [3.05, 3.63) is 46.8 Å². The molecule has 0 bridgehead atoms. The van der Waals surface area contributed by atoms with Gasteiger partial charge in [0.05, 0.1) is 11.3 Å². The van der Waals surface area contributed by atoms with Crippen LogP contribution >= 0.6 is 0 Å². The van der Waals surface area contributed by atoms with Crippen LogP contribution in [-0.2, 0) is 6.61 Å². The van der Waals surface area contributed by atoms with Crippen molar-refractivity contribution >= 4 is 5.91 Å². The summed E-state index contributed by atoms with van der Waals surface area (Å²) in [5.74, 6) is 1.59. The first-order valence-corrected chi connectivity index (χ1v) is 8.74. The molecule has 1 aliphatic rings. The lowest BCUT2D eigenvalue weighted by Gasteiger charge is -2.34. The summed E-state index contributed by atoms with van der Waals surface area (Å²) in [5, 5.41) is 3.92. The zero-order chi connectivity index (χ0) is 17.8. The van der Waals surface area contributed by atoms with Crippen LogP contribution in [-0.4, -0.2) is 53.6 Å². The smallest absolute Gasteiger partial charge is 0.253 e. The fourth-order valence-corrected chi connectivity index (χ4v) is 3.01. The lowest BCUT2D eigenvalue weighted by molar-refractivity contribution is 0.0643. The highest BCUT2D eigenvalue weighted by molar-refractivity contribution is 5.94. The average Bonchev–Trinajstić information content (AvgIpc) is 2.98. The monoisotopic (exact) mass is 343 g/mol. The largest absolute Gasteiger partial charge is 0.489 e. The molecule has 0 spiro atoms. The Bertz CT molecular complexity index is 697. The maximum atomic E-state index is 12.6. The fraction of sp³-hybridized carbons (Fsp3) is 0.474. The molecule has 25 heavy (non-hydrogen) atoms. The second-order valence-corrected chi connectivity index (χ2v) is 6.34. The number of piperazine rings is 1. The van der Waals surface area contributed by atoms with Crippen molar-refractivity contribution < 1.29 is 14.1 Å². The van der Waals surface area contributed by atoms with Crippen molar-refractivity contribution in [2.24, 2.45) is 0 Å². The Morgan fingerprint density at radius 2 is 1.84 bits per heavy atom. The number of hydrogen-bond donors (Lipinski definition) is 0. The first-order valence-electron chi connectivity index (χ1n) is 8.74. The molecular formula is C19H25N3O3. The van der Waals surface area contributed by atoms with Crippen LogP contribution in [0.15, 0.2) is 28.8 Å². The summed E-state index contributed by atoms with van der Waals surface area (Å²) < 4.78 is 10.9. The molecule has 0 N–H and O–H groups in total. The highest BCUT2D eigenvalue weighted by atomic mass is 16.5. The molecule has 6 heteroatoms. The second kappa shape index (κ2) is 7.70. The normalized spacial score (nSPS) is 15.4. The summed E-state index contributed by atoms with van der Waals surface area (Å²) in [6, 6.07) is 7.34. The lowest BCUT2D eigenvalue weighted by Crippen LogP contribution is -2.48. The molecule has 2 heterocycles. The van der Waals surface area contributed by atoms with Crippen molar-refractivity contribution in [3.8, 4) is 5.75 Å². The van der Waals surface area contributed by atoms with Crippen molar-refractivity contribution in [1.82, 2.24) is 15.0 Å². The predicted molar refractivity (Wildman–Crippen MR) is 94.8 cm³/mol. The standard InChI is InChI=1S/C19H25N3O3/c1-4-21-9-11-22(12-10-21)19(23)16-5-7-17(8-6-16)24-13-18-14(2)20-25-15(18)3/h5-8H,4,9-13H2,1-3H3. The van der Waals surface area contributed by atoms with Gasteiger partial charge in [-0.2, -0.15) is 0 Å². The van der Waals surface area contributed by atoms with Crippen LogP contribution in [0.5, 0.6) is 5.75 Å². The Balaban J connectivity index is 1.57. The lowest BCUT2D eigenvalue weighted by atomic mass is 10.1. The molecule has 134 valence electrons. The first kappa shape index (κ1) is 17.5. The number of benzene rings is 1. The minimum absolute atomic E-state index is 0.0908. The topological polar surface area (TPSA) is 58.8 Å². The minimum atomic E-state index is 0.0908. The van der Waals surface area contributed by atoms with Crippen molar-refractivity contribution in [2.75, 3.05) is 32.7 Å². The first-order chi connectivity index (χ1) is 12.1. The van der Waals surface area contributed by atoms with Crippen molar-refractivity contribution in [3.63, 3.8) is 0 Å². The maximum absolute atomic E-state index is 12.6. The van der Waals surface area contributed by atoms with E-state index in [9.17, 15) is 4.79 Å². The number of carbonyl (C=O) groups excluding carboxylic acids is 1. The van der Waals surface area contributed by atoms with Crippen LogP contribution in [0, 0.1) is 13.8 Å². The van der Waals surface area contributed by atoms with Gasteiger partial charge in [0, 0.05) is 31.7 Å². The Hall–Kier alpha value is -2.34. The number of aryl methyl sites for hydroxylation is 2. The quantitative estimate of drug-likeness (QED) is 0.835. The molecule has 0 aliphatic carbocycles. The zero-order valence-electron chi connectivity index (χ0n) is 15.1. The molecular weight excluding hydrogens is 318 g/mol. The van der Waals surface area contributed by atoms with Gasteiger partial charge in [0.2, 0.25) is 0 Å². The molecule has 0 radical (unpaired) electrons. The van der Waals surface area contributed by atoms with Crippen LogP contribution < -0.4 is 4.74 Å². The van der Waals surface area contributed by atoms with Crippen LogP contribution in [0.1, 0.15) is 34.3 Å². The van der Waals surface area contributed by atoms with Gasteiger partial charge < -0.3 is 19.1 Å². The van der Waals surface area contributed by atoms with Crippen LogP contribution in [0.2, 0.25) is 0 Å². The zero-order valence-corrected chi connectivity index (χ0v) is 15.1. The number of rotatable bonds is 5. The number of ether oxygens (including phenoxy) is 1. The maximum Gasteiger partial charge on any atom is 0.253 e. The van der Waals surface area contributed by atoms with Crippen LogP contribution in [0.25, 0.3) is 0 Å². The Kier molecular flexibility index (Phi) is 5.38. The summed E-state index contributed by atoms with van der Waals surface area (Å²) in [6.07, 6.45) is 0. The van der Waals surface area contributed by atoms with Gasteiger partial charge in [-0.05, 0) is 44.7 Å². The Labute approximate surface area is 148 Å². The van der Waals surface area contributed by atoms with Gasteiger partial charge in [-0.15, -0.1) is 0 Å². The molecule has 1 saturated heterocycles. The molecule has 1 aromatic carbocycles. The predicted octanol–water partition coefficient (Wildman–Crippen LogP) is 2.65. The molecule has 2 aromatic rings. The highest BCUT2D eigenvalue weighted by Gasteiger charge is 2.21. The van der Waals surface area contributed by atoms with E-state index in [1.165, 1.54) is 0 Å². The molecule has 1 aromatic heterocycles. The van der Waals surface area contributed by atoms with Gasteiger partial charge >= 0.3 is 0 Å². The van der Waals surface area contributed by atoms with E-state index in [1.807, 2.05) is 43.0 Å². The minimum Gasteiger partial charge on any atom is -0.489 e. The second-order valence-electron chi connectivity index (χ2n) is 6.34. The third-order valence-corrected chi connectivity index (χ3v) is 4.77. The highest BCUT2D eigenvalue weighted by Crippen LogP contribution is 2.19. The van der Waals surface area contributed by atoms with Gasteiger partial charge in [0.25, 0.3) is 5.91 Å². The average molecular weight is 343 g/mol. The van der Waals surface area contributed by atoms with E-state index in [2.05, 4.69) is 17.0 Å². The Morgan fingerprint density at radius 1 is 1.16 bits per heavy atom. The Morgan fingerprint density at radius 3 is 2.40 bits per heavy atom. The number of carbonyl (C=O) groups is 1. The van der Waals surface area contributed by atoms with Gasteiger partial charge in [-0.3, -0.25) is 4.79 Å². The van der Waals surface area contributed by atoms with Crippen LogP contribution in [0.4, 0.5) is 0 Å². The van der Waals surface area contributed by atoms with E-state index in [0.717, 1.165) is 55.5 Å². The molecule has 0 saturated carbocycles. The van der Waals surface area contributed by atoms with Crippen molar-refractivity contribution in [1.29, 1.82) is 0 Å². The molecule has 1 amide bonds. The van der Waals surface area contributed by atoms with E-state index < -0.39 is 0 Å². The van der Waals surface area contributed by atoms with E-state index in [-0.39, 0.29) is 5.91 Å². The summed E-state index contributed by atoms with van der Waals surface area (Å²) >= 11 is 0.